The molecule has 1 aliphatic rings. The Morgan fingerprint density at radius 1 is 1.28 bits per heavy atom. The minimum Gasteiger partial charge on any atom is -0.330 e. The fraction of sp³-hybridized carbons (Fsp3) is 0.538. The van der Waals surface area contributed by atoms with E-state index in [-0.39, 0.29) is 5.41 Å². The summed E-state index contributed by atoms with van der Waals surface area (Å²) < 4.78 is 37.5. The summed E-state index contributed by atoms with van der Waals surface area (Å²) in [6.07, 6.45) is -3.38. The molecule has 1 atom stereocenters. The predicted molar refractivity (Wildman–Crippen MR) is 64.3 cm³/mol. The van der Waals surface area contributed by atoms with Gasteiger partial charge in [-0.2, -0.15) is 13.2 Å². The number of halogens is 3. The summed E-state index contributed by atoms with van der Waals surface area (Å²) in [4.78, 5) is 2.16. The molecule has 2 rings (SSSR count). The van der Waals surface area contributed by atoms with E-state index in [9.17, 15) is 13.2 Å². The van der Waals surface area contributed by atoms with Gasteiger partial charge in [-0.25, -0.2) is 0 Å². The number of hydrogen-bond acceptors (Lipinski definition) is 2. The highest BCUT2D eigenvalue weighted by Gasteiger charge is 2.38. The van der Waals surface area contributed by atoms with Crippen LogP contribution in [0.2, 0.25) is 0 Å². The van der Waals surface area contributed by atoms with Crippen LogP contribution in [-0.4, -0.2) is 31.6 Å². The SMILES string of the molecule is CN1CCC(CN)(c2ccc(C(F)(F)F)cc2)C1. The van der Waals surface area contributed by atoms with Crippen LogP contribution >= 0.6 is 0 Å². The molecule has 0 radical (unpaired) electrons. The first-order valence-electron chi connectivity index (χ1n) is 5.94. The van der Waals surface area contributed by atoms with Crippen LogP contribution in [0.3, 0.4) is 0 Å². The average Bonchev–Trinajstić information content (AvgIpc) is 2.71. The third kappa shape index (κ3) is 2.37. The lowest BCUT2D eigenvalue weighted by Gasteiger charge is -2.28. The highest BCUT2D eigenvalue weighted by molar-refractivity contribution is 5.32. The van der Waals surface area contributed by atoms with Gasteiger partial charge in [-0.05, 0) is 37.7 Å². The van der Waals surface area contributed by atoms with Crippen LogP contribution in [0.4, 0.5) is 13.2 Å². The van der Waals surface area contributed by atoms with Gasteiger partial charge < -0.3 is 10.6 Å². The molecule has 2 nitrogen and oxygen atoms in total. The normalized spacial score (nSPS) is 25.6. The van der Waals surface area contributed by atoms with E-state index in [4.69, 9.17) is 5.73 Å². The Kier molecular flexibility index (Phi) is 3.38. The summed E-state index contributed by atoms with van der Waals surface area (Å²) in [5, 5.41) is 0. The van der Waals surface area contributed by atoms with Crippen molar-refractivity contribution >= 4 is 0 Å². The highest BCUT2D eigenvalue weighted by Crippen LogP contribution is 2.35. The molecule has 1 aliphatic heterocycles. The molecule has 1 unspecified atom stereocenters. The second kappa shape index (κ2) is 4.55. The molecule has 1 aromatic carbocycles. The van der Waals surface area contributed by atoms with Crippen molar-refractivity contribution in [2.75, 3.05) is 26.7 Å². The lowest BCUT2D eigenvalue weighted by molar-refractivity contribution is -0.137. The van der Waals surface area contributed by atoms with E-state index in [1.54, 1.807) is 12.1 Å². The number of alkyl halides is 3. The van der Waals surface area contributed by atoms with Gasteiger partial charge in [0.15, 0.2) is 0 Å². The van der Waals surface area contributed by atoms with Crippen LogP contribution in [0, 0.1) is 0 Å². The van der Waals surface area contributed by atoms with Crippen molar-refractivity contribution in [3.8, 4) is 0 Å². The smallest absolute Gasteiger partial charge is 0.330 e. The average molecular weight is 258 g/mol. The Morgan fingerprint density at radius 3 is 2.28 bits per heavy atom. The minimum absolute atomic E-state index is 0.196. The Balaban J connectivity index is 2.28. The fourth-order valence-electron chi connectivity index (χ4n) is 2.61. The molecule has 0 saturated carbocycles. The van der Waals surface area contributed by atoms with Gasteiger partial charge in [0, 0.05) is 18.5 Å². The van der Waals surface area contributed by atoms with E-state index in [1.165, 1.54) is 0 Å². The first kappa shape index (κ1) is 13.4. The van der Waals surface area contributed by atoms with E-state index < -0.39 is 11.7 Å². The quantitative estimate of drug-likeness (QED) is 0.881. The zero-order valence-electron chi connectivity index (χ0n) is 10.3. The second-order valence-corrected chi connectivity index (χ2v) is 5.05. The molecule has 2 N–H and O–H groups in total. The predicted octanol–water partition coefficient (Wildman–Crippen LogP) is 2.24. The first-order chi connectivity index (χ1) is 8.37. The molecular formula is C13H17F3N2. The topological polar surface area (TPSA) is 29.3 Å². The molecule has 18 heavy (non-hydrogen) atoms. The van der Waals surface area contributed by atoms with Crippen molar-refractivity contribution in [2.24, 2.45) is 5.73 Å². The van der Waals surface area contributed by atoms with Gasteiger partial charge in [0.1, 0.15) is 0 Å². The molecule has 100 valence electrons. The maximum atomic E-state index is 12.5. The molecule has 1 aromatic rings. The van der Waals surface area contributed by atoms with Crippen molar-refractivity contribution in [3.05, 3.63) is 35.4 Å². The van der Waals surface area contributed by atoms with Crippen LogP contribution in [0.5, 0.6) is 0 Å². The zero-order valence-corrected chi connectivity index (χ0v) is 10.3. The molecule has 0 bridgehead atoms. The Bertz CT molecular complexity index is 413. The maximum Gasteiger partial charge on any atom is 0.416 e. The van der Waals surface area contributed by atoms with Gasteiger partial charge in [-0.15, -0.1) is 0 Å². The highest BCUT2D eigenvalue weighted by atomic mass is 19.4. The molecule has 1 heterocycles. The Hall–Kier alpha value is -1.07. The summed E-state index contributed by atoms with van der Waals surface area (Å²) >= 11 is 0. The van der Waals surface area contributed by atoms with E-state index in [2.05, 4.69) is 4.90 Å². The largest absolute Gasteiger partial charge is 0.416 e. The van der Waals surface area contributed by atoms with Gasteiger partial charge in [-0.1, -0.05) is 12.1 Å². The maximum absolute atomic E-state index is 12.5. The number of rotatable bonds is 2. The van der Waals surface area contributed by atoms with Gasteiger partial charge in [0.2, 0.25) is 0 Å². The monoisotopic (exact) mass is 258 g/mol. The number of nitrogens with zero attached hydrogens (tertiary/aromatic N) is 1. The second-order valence-electron chi connectivity index (χ2n) is 5.05. The summed E-state index contributed by atoms with van der Waals surface area (Å²) in [6, 6.07) is 5.42. The van der Waals surface area contributed by atoms with Crippen LogP contribution in [0.15, 0.2) is 24.3 Å². The number of benzene rings is 1. The van der Waals surface area contributed by atoms with Gasteiger partial charge >= 0.3 is 6.18 Å². The van der Waals surface area contributed by atoms with Gasteiger partial charge in [-0.3, -0.25) is 0 Å². The van der Waals surface area contributed by atoms with E-state index in [0.29, 0.717) is 6.54 Å². The van der Waals surface area contributed by atoms with Crippen LogP contribution in [0.1, 0.15) is 17.5 Å². The molecule has 1 fully saturated rings. The van der Waals surface area contributed by atoms with E-state index in [0.717, 1.165) is 37.2 Å². The van der Waals surface area contributed by atoms with E-state index in [1.807, 2.05) is 7.05 Å². The summed E-state index contributed by atoms with van der Waals surface area (Å²) in [5.74, 6) is 0. The lowest BCUT2D eigenvalue weighted by atomic mass is 9.79. The first-order valence-corrected chi connectivity index (χ1v) is 5.94. The summed E-state index contributed by atoms with van der Waals surface area (Å²) in [6.45, 7) is 2.19. The molecule has 0 amide bonds. The summed E-state index contributed by atoms with van der Waals surface area (Å²) in [7, 11) is 2.00. The standard InChI is InChI=1S/C13H17F3N2/c1-18-7-6-12(8-17,9-18)10-2-4-11(5-3-10)13(14,15)16/h2-5H,6-9,17H2,1H3. The molecule has 0 spiro atoms. The molecule has 5 heteroatoms. The Labute approximate surface area is 105 Å². The van der Waals surface area contributed by atoms with Crippen molar-refractivity contribution < 1.29 is 13.2 Å². The van der Waals surface area contributed by atoms with Crippen molar-refractivity contribution in [1.29, 1.82) is 0 Å². The van der Waals surface area contributed by atoms with Crippen LogP contribution < -0.4 is 5.73 Å². The fourth-order valence-corrected chi connectivity index (χ4v) is 2.61. The van der Waals surface area contributed by atoms with Gasteiger partial charge in [0.25, 0.3) is 0 Å². The van der Waals surface area contributed by atoms with Crippen LogP contribution in [-0.2, 0) is 11.6 Å². The third-order valence-corrected chi connectivity index (χ3v) is 3.76. The Morgan fingerprint density at radius 2 is 1.89 bits per heavy atom. The van der Waals surface area contributed by atoms with Crippen molar-refractivity contribution in [3.63, 3.8) is 0 Å². The number of nitrogens with two attached hydrogens (primary N) is 1. The minimum atomic E-state index is -4.28. The third-order valence-electron chi connectivity index (χ3n) is 3.76. The number of likely N-dealkylation sites (N-methyl/N-ethyl adjacent to an activating group) is 1. The van der Waals surface area contributed by atoms with Crippen LogP contribution in [0.25, 0.3) is 0 Å². The van der Waals surface area contributed by atoms with Gasteiger partial charge in [0.05, 0.1) is 5.56 Å². The molecule has 0 aliphatic carbocycles. The van der Waals surface area contributed by atoms with E-state index >= 15 is 0 Å². The molecular weight excluding hydrogens is 241 g/mol. The van der Waals surface area contributed by atoms with Crippen molar-refractivity contribution in [1.82, 2.24) is 4.90 Å². The zero-order chi connectivity index (χ0) is 13.4. The molecule has 1 saturated heterocycles. The molecule has 0 aromatic heterocycles. The lowest BCUT2D eigenvalue weighted by Crippen LogP contribution is -2.37. The summed E-state index contributed by atoms with van der Waals surface area (Å²) in [5.41, 5.74) is 5.94. The number of hydrogen-bond donors (Lipinski definition) is 1. The number of likely N-dealkylation sites (tertiary alicyclic amines) is 1. The van der Waals surface area contributed by atoms with Crippen molar-refractivity contribution in [2.45, 2.75) is 18.0 Å².